The summed E-state index contributed by atoms with van der Waals surface area (Å²) >= 11 is 0. The summed E-state index contributed by atoms with van der Waals surface area (Å²) in [7, 11) is 1.72. The van der Waals surface area contributed by atoms with Gasteiger partial charge in [-0.3, -0.25) is 4.99 Å². The molecule has 1 aromatic rings. The molecule has 1 fully saturated rings. The summed E-state index contributed by atoms with van der Waals surface area (Å²) in [5.41, 5.74) is 0. The second kappa shape index (κ2) is 14.0. The molecule has 148 valence electrons. The molecule has 0 spiro atoms. The quantitative estimate of drug-likeness (QED) is 0.233. The van der Waals surface area contributed by atoms with E-state index in [1.54, 1.807) is 19.2 Å². The summed E-state index contributed by atoms with van der Waals surface area (Å²) in [6.07, 6.45) is 3.42. The number of hydrogen-bond donors (Lipinski definition) is 2. The zero-order chi connectivity index (χ0) is 17.7. The van der Waals surface area contributed by atoms with Crippen LogP contribution in [0, 0.1) is 5.82 Å². The number of ether oxygens (including phenoxy) is 3. The van der Waals surface area contributed by atoms with Gasteiger partial charge in [-0.05, 0) is 31.4 Å². The Hall–Kier alpha value is -1.13. The molecule has 26 heavy (non-hydrogen) atoms. The minimum Gasteiger partial charge on any atom is -0.492 e. The molecule has 0 saturated carbocycles. The number of guanidine groups is 1. The van der Waals surface area contributed by atoms with E-state index >= 15 is 0 Å². The summed E-state index contributed by atoms with van der Waals surface area (Å²) in [5, 5.41) is 6.37. The molecule has 0 aromatic heterocycles. The highest BCUT2D eigenvalue weighted by molar-refractivity contribution is 14.0. The van der Waals surface area contributed by atoms with Crippen molar-refractivity contribution in [3.63, 3.8) is 0 Å². The number of nitrogens with one attached hydrogen (secondary N) is 2. The first kappa shape index (κ1) is 22.9. The van der Waals surface area contributed by atoms with Crippen LogP contribution in [0.2, 0.25) is 0 Å². The largest absolute Gasteiger partial charge is 0.492 e. The number of halogens is 2. The molecule has 1 saturated heterocycles. The monoisotopic (exact) mass is 481 g/mol. The van der Waals surface area contributed by atoms with E-state index in [1.807, 2.05) is 0 Å². The zero-order valence-corrected chi connectivity index (χ0v) is 17.5. The van der Waals surface area contributed by atoms with Crippen molar-refractivity contribution in [1.29, 1.82) is 0 Å². The highest BCUT2D eigenvalue weighted by Crippen LogP contribution is 2.12. The lowest BCUT2D eigenvalue weighted by Crippen LogP contribution is -2.40. The molecule has 1 unspecified atom stereocenters. The maximum absolute atomic E-state index is 13.0. The van der Waals surface area contributed by atoms with Gasteiger partial charge >= 0.3 is 0 Å². The number of benzene rings is 1. The van der Waals surface area contributed by atoms with Crippen LogP contribution in [0.25, 0.3) is 0 Å². The number of aliphatic imine (C=N–C) groups is 1. The summed E-state index contributed by atoms with van der Waals surface area (Å²) in [6.45, 7) is 4.02. The van der Waals surface area contributed by atoms with Crippen LogP contribution in [0.4, 0.5) is 4.39 Å². The molecule has 0 aliphatic carbocycles. The summed E-state index contributed by atoms with van der Waals surface area (Å²) in [4.78, 5) is 4.15. The van der Waals surface area contributed by atoms with Crippen LogP contribution in [0.3, 0.4) is 0 Å². The molecule has 1 aliphatic heterocycles. The van der Waals surface area contributed by atoms with E-state index in [1.165, 1.54) is 12.1 Å². The van der Waals surface area contributed by atoms with Gasteiger partial charge in [-0.25, -0.2) is 4.39 Å². The van der Waals surface area contributed by atoms with E-state index in [-0.39, 0.29) is 35.9 Å². The summed E-state index contributed by atoms with van der Waals surface area (Å²) in [6, 6.07) is 6.11. The first-order valence-corrected chi connectivity index (χ1v) is 8.80. The van der Waals surface area contributed by atoms with Crippen molar-refractivity contribution in [1.82, 2.24) is 10.6 Å². The molecular formula is C18H29FIN3O3. The van der Waals surface area contributed by atoms with Gasteiger partial charge in [0.05, 0.1) is 19.3 Å². The maximum Gasteiger partial charge on any atom is 0.191 e. The van der Waals surface area contributed by atoms with Crippen molar-refractivity contribution in [2.75, 3.05) is 46.6 Å². The predicted octanol–water partition coefficient (Wildman–Crippen LogP) is 2.57. The van der Waals surface area contributed by atoms with Gasteiger partial charge in [0.15, 0.2) is 5.96 Å². The lowest BCUT2D eigenvalue weighted by atomic mass is 10.2. The van der Waals surface area contributed by atoms with Gasteiger partial charge in [0.1, 0.15) is 18.2 Å². The lowest BCUT2D eigenvalue weighted by molar-refractivity contribution is 0.0168. The normalized spacial score (nSPS) is 16.8. The van der Waals surface area contributed by atoms with Crippen molar-refractivity contribution < 1.29 is 18.6 Å². The molecule has 6 nitrogen and oxygen atoms in total. The smallest absolute Gasteiger partial charge is 0.191 e. The van der Waals surface area contributed by atoms with Crippen LogP contribution in [0.15, 0.2) is 29.3 Å². The lowest BCUT2D eigenvalue weighted by Gasteiger charge is -2.13. The fraction of sp³-hybridized carbons (Fsp3) is 0.611. The molecule has 8 heteroatoms. The molecular weight excluding hydrogens is 452 g/mol. The highest BCUT2D eigenvalue weighted by Gasteiger charge is 2.14. The Kier molecular flexibility index (Phi) is 12.3. The molecule has 0 amide bonds. The fourth-order valence-corrected chi connectivity index (χ4v) is 2.49. The minimum absolute atomic E-state index is 0. The predicted molar refractivity (Wildman–Crippen MR) is 111 cm³/mol. The Morgan fingerprint density at radius 1 is 1.31 bits per heavy atom. The third kappa shape index (κ3) is 9.54. The van der Waals surface area contributed by atoms with Crippen LogP contribution < -0.4 is 15.4 Å². The van der Waals surface area contributed by atoms with E-state index in [0.29, 0.717) is 38.1 Å². The SMILES string of the molecule is CN=C(NCCCOCC1CCCO1)NCCOc1cccc(F)c1.I. The minimum atomic E-state index is -0.301. The second-order valence-electron chi connectivity index (χ2n) is 5.80. The van der Waals surface area contributed by atoms with E-state index in [0.717, 1.165) is 32.4 Å². The third-order valence-corrected chi connectivity index (χ3v) is 3.77. The van der Waals surface area contributed by atoms with Crippen molar-refractivity contribution >= 4 is 29.9 Å². The van der Waals surface area contributed by atoms with Crippen LogP contribution in [-0.4, -0.2) is 58.6 Å². The Bertz CT molecular complexity index is 528. The Balaban J connectivity index is 0.00000338. The topological polar surface area (TPSA) is 64.1 Å². The summed E-state index contributed by atoms with van der Waals surface area (Å²) < 4.78 is 29.6. The van der Waals surface area contributed by atoms with Crippen molar-refractivity contribution in [3.05, 3.63) is 30.1 Å². The van der Waals surface area contributed by atoms with Gasteiger partial charge in [-0.2, -0.15) is 0 Å². The van der Waals surface area contributed by atoms with Gasteiger partial charge in [0, 0.05) is 32.9 Å². The number of nitrogens with zero attached hydrogens (tertiary/aromatic N) is 1. The third-order valence-electron chi connectivity index (χ3n) is 3.77. The van der Waals surface area contributed by atoms with E-state index in [2.05, 4.69) is 15.6 Å². The molecule has 1 aromatic carbocycles. The van der Waals surface area contributed by atoms with E-state index in [9.17, 15) is 4.39 Å². The average molecular weight is 481 g/mol. The molecule has 1 atom stereocenters. The highest BCUT2D eigenvalue weighted by atomic mass is 127. The number of hydrogen-bond acceptors (Lipinski definition) is 4. The Labute approximate surface area is 171 Å². The maximum atomic E-state index is 13.0. The van der Waals surface area contributed by atoms with Crippen molar-refractivity contribution in [3.8, 4) is 5.75 Å². The van der Waals surface area contributed by atoms with Crippen LogP contribution >= 0.6 is 24.0 Å². The first-order valence-electron chi connectivity index (χ1n) is 8.80. The van der Waals surface area contributed by atoms with Gasteiger partial charge in [-0.15, -0.1) is 24.0 Å². The van der Waals surface area contributed by atoms with Crippen LogP contribution in [0.1, 0.15) is 19.3 Å². The zero-order valence-electron chi connectivity index (χ0n) is 15.2. The molecule has 1 heterocycles. The Morgan fingerprint density at radius 2 is 2.15 bits per heavy atom. The summed E-state index contributed by atoms with van der Waals surface area (Å²) in [5.74, 6) is 0.930. The fourth-order valence-electron chi connectivity index (χ4n) is 2.49. The first-order chi connectivity index (χ1) is 12.3. The number of rotatable bonds is 10. The van der Waals surface area contributed by atoms with Crippen molar-refractivity contribution in [2.24, 2.45) is 4.99 Å². The molecule has 2 N–H and O–H groups in total. The van der Waals surface area contributed by atoms with Gasteiger partial charge in [0.2, 0.25) is 0 Å². The van der Waals surface area contributed by atoms with Crippen LogP contribution in [0.5, 0.6) is 5.75 Å². The molecule has 0 radical (unpaired) electrons. The van der Waals surface area contributed by atoms with Crippen LogP contribution in [-0.2, 0) is 9.47 Å². The molecule has 1 aliphatic rings. The van der Waals surface area contributed by atoms with E-state index < -0.39 is 0 Å². The van der Waals surface area contributed by atoms with E-state index in [4.69, 9.17) is 14.2 Å². The van der Waals surface area contributed by atoms with Gasteiger partial charge in [-0.1, -0.05) is 6.07 Å². The molecule has 0 bridgehead atoms. The average Bonchev–Trinajstić information content (AvgIpc) is 3.13. The Morgan fingerprint density at radius 3 is 2.88 bits per heavy atom. The standard InChI is InChI=1S/C18H28FN3O3.HI/c1-20-18(21-8-4-10-23-14-17-7-3-11-24-17)22-9-12-25-16-6-2-5-15(19)13-16;/h2,5-6,13,17H,3-4,7-12,14H2,1H3,(H2,20,21,22);1H. The second-order valence-corrected chi connectivity index (χ2v) is 5.80. The molecule has 2 rings (SSSR count). The van der Waals surface area contributed by atoms with Gasteiger partial charge in [0.25, 0.3) is 0 Å². The van der Waals surface area contributed by atoms with Crippen molar-refractivity contribution in [2.45, 2.75) is 25.4 Å². The van der Waals surface area contributed by atoms with Gasteiger partial charge < -0.3 is 24.8 Å².